The first-order valence-electron chi connectivity index (χ1n) is 9.83. The van der Waals surface area contributed by atoms with Crippen molar-refractivity contribution >= 4 is 10.9 Å². The molecule has 1 fully saturated rings. The van der Waals surface area contributed by atoms with Gasteiger partial charge in [-0.15, -0.1) is 0 Å². The molecule has 29 heavy (non-hydrogen) atoms. The molecule has 8 nitrogen and oxygen atoms in total. The van der Waals surface area contributed by atoms with Crippen LogP contribution in [0.4, 0.5) is 0 Å². The summed E-state index contributed by atoms with van der Waals surface area (Å²) in [6.45, 7) is 6.58. The molecule has 4 rings (SSSR count). The molecule has 1 aliphatic heterocycles. The third-order valence-electron chi connectivity index (χ3n) is 4.87. The summed E-state index contributed by atoms with van der Waals surface area (Å²) in [5.41, 5.74) is 1.52. The second-order valence-electron chi connectivity index (χ2n) is 6.97. The Morgan fingerprint density at radius 2 is 2.14 bits per heavy atom. The Morgan fingerprint density at radius 1 is 1.24 bits per heavy atom. The molecule has 3 aromatic rings. The number of fused-ring (bicyclic) bond motifs is 1. The number of hydrogen-bond acceptors (Lipinski definition) is 7. The van der Waals surface area contributed by atoms with Crippen molar-refractivity contribution in [3.05, 3.63) is 64.5 Å². The normalized spacial score (nSPS) is 14.9. The largest absolute Gasteiger partial charge is 0.486 e. The third kappa shape index (κ3) is 5.38. The van der Waals surface area contributed by atoms with Gasteiger partial charge in [0.1, 0.15) is 18.2 Å². The van der Waals surface area contributed by atoms with Gasteiger partial charge in [-0.2, -0.15) is 0 Å². The van der Waals surface area contributed by atoms with E-state index in [-0.39, 0.29) is 12.2 Å². The summed E-state index contributed by atoms with van der Waals surface area (Å²) >= 11 is 0. The molecule has 152 valence electrons. The number of hydrogen-bond donors (Lipinski definition) is 2. The topological polar surface area (TPSA) is 92.4 Å². The van der Waals surface area contributed by atoms with Crippen LogP contribution in [0, 0.1) is 0 Å². The van der Waals surface area contributed by atoms with Gasteiger partial charge < -0.3 is 19.8 Å². The SMILES string of the molecule is O=c1[nH]c(COc2cccc(CNCCN3CCOCC3)c2)nc2cnccc12. The van der Waals surface area contributed by atoms with Gasteiger partial charge in [0, 0.05) is 38.9 Å². The molecular weight excluding hydrogens is 370 g/mol. The van der Waals surface area contributed by atoms with Gasteiger partial charge in [0.15, 0.2) is 0 Å². The summed E-state index contributed by atoms with van der Waals surface area (Å²) in [6.07, 6.45) is 3.16. The molecule has 0 unspecified atom stereocenters. The molecule has 2 aromatic heterocycles. The van der Waals surface area contributed by atoms with Gasteiger partial charge >= 0.3 is 0 Å². The summed E-state index contributed by atoms with van der Waals surface area (Å²) < 4.78 is 11.2. The van der Waals surface area contributed by atoms with E-state index in [1.807, 2.05) is 18.2 Å². The predicted molar refractivity (Wildman–Crippen MR) is 110 cm³/mol. The van der Waals surface area contributed by atoms with Crippen molar-refractivity contribution in [2.75, 3.05) is 39.4 Å². The van der Waals surface area contributed by atoms with Crippen molar-refractivity contribution in [3.8, 4) is 5.75 Å². The first kappa shape index (κ1) is 19.5. The smallest absolute Gasteiger partial charge is 0.258 e. The molecule has 2 N–H and O–H groups in total. The van der Waals surface area contributed by atoms with Gasteiger partial charge in [0.2, 0.25) is 0 Å². The number of benzene rings is 1. The van der Waals surface area contributed by atoms with E-state index in [9.17, 15) is 4.79 Å². The van der Waals surface area contributed by atoms with Crippen LogP contribution < -0.4 is 15.6 Å². The number of morpholine rings is 1. The average Bonchev–Trinajstić information content (AvgIpc) is 2.76. The van der Waals surface area contributed by atoms with Gasteiger partial charge in [0.05, 0.1) is 30.3 Å². The van der Waals surface area contributed by atoms with Crippen molar-refractivity contribution in [1.82, 2.24) is 25.2 Å². The van der Waals surface area contributed by atoms with E-state index >= 15 is 0 Å². The zero-order chi connectivity index (χ0) is 19.9. The second-order valence-corrected chi connectivity index (χ2v) is 6.97. The van der Waals surface area contributed by atoms with Gasteiger partial charge in [-0.05, 0) is 23.8 Å². The zero-order valence-corrected chi connectivity index (χ0v) is 16.3. The molecule has 0 radical (unpaired) electrons. The molecule has 0 atom stereocenters. The first-order chi connectivity index (χ1) is 14.3. The average molecular weight is 395 g/mol. The Balaban J connectivity index is 1.29. The van der Waals surface area contributed by atoms with E-state index in [0.717, 1.165) is 57.3 Å². The van der Waals surface area contributed by atoms with Crippen LogP contribution in [-0.2, 0) is 17.9 Å². The van der Waals surface area contributed by atoms with Crippen LogP contribution in [-0.4, -0.2) is 59.2 Å². The second kappa shape index (κ2) is 9.60. The maximum atomic E-state index is 12.1. The minimum Gasteiger partial charge on any atom is -0.486 e. The number of nitrogens with one attached hydrogen (secondary N) is 2. The molecule has 0 saturated carbocycles. The highest BCUT2D eigenvalue weighted by atomic mass is 16.5. The summed E-state index contributed by atoms with van der Waals surface area (Å²) in [5, 5.41) is 3.99. The Kier molecular flexibility index (Phi) is 6.45. The van der Waals surface area contributed by atoms with E-state index in [1.54, 1.807) is 18.5 Å². The summed E-state index contributed by atoms with van der Waals surface area (Å²) in [7, 11) is 0. The van der Waals surface area contributed by atoms with Gasteiger partial charge in [-0.1, -0.05) is 12.1 Å². The Bertz CT molecular complexity index is 1000. The number of pyridine rings is 1. The third-order valence-corrected chi connectivity index (χ3v) is 4.87. The van der Waals surface area contributed by atoms with Crippen LogP contribution in [0.5, 0.6) is 5.75 Å². The lowest BCUT2D eigenvalue weighted by atomic mass is 10.2. The van der Waals surface area contributed by atoms with Gasteiger partial charge in [-0.3, -0.25) is 14.7 Å². The van der Waals surface area contributed by atoms with E-state index in [2.05, 4.69) is 31.2 Å². The van der Waals surface area contributed by atoms with Crippen molar-refractivity contribution < 1.29 is 9.47 Å². The summed E-state index contributed by atoms with van der Waals surface area (Å²) in [4.78, 5) is 25.7. The highest BCUT2D eigenvalue weighted by Gasteiger charge is 2.09. The number of ether oxygens (including phenoxy) is 2. The molecule has 0 amide bonds. The van der Waals surface area contributed by atoms with Crippen molar-refractivity contribution in [2.45, 2.75) is 13.2 Å². The molecule has 0 aliphatic carbocycles. The summed E-state index contributed by atoms with van der Waals surface area (Å²) in [5.74, 6) is 1.22. The lowest BCUT2D eigenvalue weighted by Gasteiger charge is -2.26. The zero-order valence-electron chi connectivity index (χ0n) is 16.3. The predicted octanol–water partition coefficient (Wildman–Crippen LogP) is 1.32. The van der Waals surface area contributed by atoms with Crippen molar-refractivity contribution in [2.24, 2.45) is 0 Å². The molecule has 1 saturated heterocycles. The molecule has 1 aromatic carbocycles. The highest BCUT2D eigenvalue weighted by Crippen LogP contribution is 2.15. The Labute approximate surface area is 168 Å². The number of rotatable bonds is 8. The molecule has 3 heterocycles. The van der Waals surface area contributed by atoms with E-state index in [1.165, 1.54) is 0 Å². The number of aromatic nitrogens is 3. The van der Waals surface area contributed by atoms with Crippen LogP contribution in [0.15, 0.2) is 47.5 Å². The monoisotopic (exact) mass is 395 g/mol. The molecule has 8 heteroatoms. The maximum absolute atomic E-state index is 12.1. The van der Waals surface area contributed by atoms with Crippen LogP contribution >= 0.6 is 0 Å². The fourth-order valence-corrected chi connectivity index (χ4v) is 3.30. The number of aromatic amines is 1. The van der Waals surface area contributed by atoms with Crippen LogP contribution in [0.3, 0.4) is 0 Å². The van der Waals surface area contributed by atoms with E-state index in [4.69, 9.17) is 9.47 Å². The van der Waals surface area contributed by atoms with Crippen molar-refractivity contribution in [1.29, 1.82) is 0 Å². The Hall–Kier alpha value is -2.81. The van der Waals surface area contributed by atoms with E-state index < -0.39 is 0 Å². The quantitative estimate of drug-likeness (QED) is 0.556. The van der Waals surface area contributed by atoms with Crippen LogP contribution in [0.25, 0.3) is 10.9 Å². The van der Waals surface area contributed by atoms with Crippen LogP contribution in [0.2, 0.25) is 0 Å². The maximum Gasteiger partial charge on any atom is 0.258 e. The fraction of sp³-hybridized carbons (Fsp3) is 0.381. The molecule has 1 aliphatic rings. The lowest BCUT2D eigenvalue weighted by Crippen LogP contribution is -2.40. The van der Waals surface area contributed by atoms with Crippen LogP contribution in [0.1, 0.15) is 11.4 Å². The minimum absolute atomic E-state index is 0.186. The lowest BCUT2D eigenvalue weighted by molar-refractivity contribution is 0.0384. The molecular formula is C21H25N5O3. The standard InChI is InChI=1S/C21H25N5O3/c27-21-18-4-5-22-14-19(18)24-20(25-21)15-29-17-3-1-2-16(12-17)13-23-6-7-26-8-10-28-11-9-26/h1-5,12,14,23H,6-11,13,15H2,(H,24,25,27). The number of H-pyrrole nitrogens is 1. The summed E-state index contributed by atoms with van der Waals surface area (Å²) in [6, 6.07) is 9.59. The molecule has 0 bridgehead atoms. The Morgan fingerprint density at radius 3 is 3.03 bits per heavy atom. The van der Waals surface area contributed by atoms with Gasteiger partial charge in [0.25, 0.3) is 5.56 Å². The van der Waals surface area contributed by atoms with E-state index in [0.29, 0.717) is 16.7 Å². The first-order valence-corrected chi connectivity index (χ1v) is 9.83. The molecule has 0 spiro atoms. The number of nitrogens with zero attached hydrogens (tertiary/aromatic N) is 3. The highest BCUT2D eigenvalue weighted by molar-refractivity contribution is 5.75. The van der Waals surface area contributed by atoms with Crippen molar-refractivity contribution in [3.63, 3.8) is 0 Å². The minimum atomic E-state index is -0.186. The van der Waals surface area contributed by atoms with Gasteiger partial charge in [-0.25, -0.2) is 4.98 Å². The fourth-order valence-electron chi connectivity index (χ4n) is 3.30.